The zero-order valence-corrected chi connectivity index (χ0v) is 32.0. The molecule has 0 spiro atoms. The maximum absolute atomic E-state index is 6.85. The Labute approximate surface area is 304 Å². The van der Waals surface area contributed by atoms with Crippen molar-refractivity contribution < 1.29 is 4.74 Å². The van der Waals surface area contributed by atoms with Crippen molar-refractivity contribution >= 4 is 21.8 Å². The van der Waals surface area contributed by atoms with E-state index in [0.717, 1.165) is 52.6 Å². The van der Waals surface area contributed by atoms with Crippen molar-refractivity contribution in [2.45, 2.75) is 112 Å². The Morgan fingerprint density at radius 2 is 1.69 bits per heavy atom. The summed E-state index contributed by atoms with van der Waals surface area (Å²) in [5, 5.41) is 7.67. The third-order valence-electron chi connectivity index (χ3n) is 10.9. The van der Waals surface area contributed by atoms with E-state index in [2.05, 4.69) is 150 Å². The first-order valence-electron chi connectivity index (χ1n) is 19.0. The van der Waals surface area contributed by atoms with Gasteiger partial charge in [-0.1, -0.05) is 84.7 Å². The van der Waals surface area contributed by atoms with Crippen molar-refractivity contribution in [1.29, 1.82) is 0 Å². The van der Waals surface area contributed by atoms with Gasteiger partial charge >= 0.3 is 0 Å². The highest BCUT2D eigenvalue weighted by atomic mass is 16.5. The summed E-state index contributed by atoms with van der Waals surface area (Å²) in [6, 6.07) is 26.1. The molecule has 1 aliphatic rings. The van der Waals surface area contributed by atoms with Gasteiger partial charge in [-0.3, -0.25) is 4.57 Å². The molecule has 7 rings (SSSR count). The highest BCUT2D eigenvalue weighted by Gasteiger charge is 2.32. The molecule has 264 valence electrons. The second-order valence-corrected chi connectivity index (χ2v) is 16.2. The topological polar surface area (TPSA) is 44.9 Å². The third kappa shape index (κ3) is 6.64. The number of hydrogen-bond donors (Lipinski definition) is 0. The molecule has 51 heavy (non-hydrogen) atoms. The van der Waals surface area contributed by atoms with Crippen LogP contribution in [0.4, 0.5) is 0 Å². The molecule has 0 saturated heterocycles. The average molecular weight is 679 g/mol. The molecular formula is C46H54N4O. The number of unbranched alkanes of at least 4 members (excludes halogenated alkanes) is 1. The molecule has 5 heteroatoms. The van der Waals surface area contributed by atoms with Gasteiger partial charge in [0.15, 0.2) is 0 Å². The molecule has 0 saturated carbocycles. The molecule has 1 aliphatic carbocycles. The predicted octanol–water partition coefficient (Wildman–Crippen LogP) is 12.7. The van der Waals surface area contributed by atoms with Gasteiger partial charge in [0.05, 0.1) is 28.1 Å². The number of fused-ring (bicyclic) bond motifs is 3. The number of hydrogen-bond acceptors (Lipinski definition) is 3. The molecule has 2 atom stereocenters. The Morgan fingerprint density at radius 1 is 0.902 bits per heavy atom. The first-order chi connectivity index (χ1) is 24.4. The van der Waals surface area contributed by atoms with Crippen molar-refractivity contribution in [1.82, 2.24) is 19.3 Å². The van der Waals surface area contributed by atoms with Gasteiger partial charge in [0.1, 0.15) is 17.3 Å². The first-order valence-corrected chi connectivity index (χ1v) is 19.0. The highest BCUT2D eigenvalue weighted by molar-refractivity contribution is 6.09. The van der Waals surface area contributed by atoms with E-state index in [1.165, 1.54) is 58.0 Å². The van der Waals surface area contributed by atoms with E-state index in [-0.39, 0.29) is 5.41 Å². The van der Waals surface area contributed by atoms with Crippen LogP contribution in [0.2, 0.25) is 0 Å². The van der Waals surface area contributed by atoms with Gasteiger partial charge in [-0.2, -0.15) is 5.10 Å². The minimum atomic E-state index is -0.0841. The number of aromatic nitrogens is 4. The largest absolute Gasteiger partial charge is 0.457 e. The summed E-state index contributed by atoms with van der Waals surface area (Å²) in [5.41, 5.74) is 11.0. The second-order valence-electron chi connectivity index (χ2n) is 16.2. The molecule has 3 aromatic carbocycles. The summed E-state index contributed by atoms with van der Waals surface area (Å²) in [6.07, 6.45) is 10.1. The van der Waals surface area contributed by atoms with Gasteiger partial charge in [0.25, 0.3) is 0 Å². The predicted molar refractivity (Wildman–Crippen MR) is 213 cm³/mol. The molecule has 0 N–H and O–H groups in total. The van der Waals surface area contributed by atoms with Crippen LogP contribution in [-0.4, -0.2) is 19.3 Å². The minimum absolute atomic E-state index is 0.0841. The van der Waals surface area contributed by atoms with E-state index < -0.39 is 0 Å². The lowest BCUT2D eigenvalue weighted by atomic mass is 9.74. The number of rotatable bonds is 9. The summed E-state index contributed by atoms with van der Waals surface area (Å²) in [7, 11) is 0. The quantitative estimate of drug-likeness (QED) is 0.143. The summed E-state index contributed by atoms with van der Waals surface area (Å²) in [6.45, 7) is 20.6. The molecule has 5 nitrogen and oxygen atoms in total. The van der Waals surface area contributed by atoms with Crippen molar-refractivity contribution in [3.05, 3.63) is 119 Å². The molecule has 1 unspecified atom stereocenters. The van der Waals surface area contributed by atoms with Crippen LogP contribution in [0.25, 0.3) is 33.3 Å². The molecule has 3 heterocycles. The number of ether oxygens (including phenoxy) is 1. The van der Waals surface area contributed by atoms with Crippen LogP contribution in [0.3, 0.4) is 0 Å². The Bertz CT molecular complexity index is 2240. The molecule has 3 aromatic heterocycles. The summed E-state index contributed by atoms with van der Waals surface area (Å²) in [4.78, 5) is 4.87. The van der Waals surface area contributed by atoms with Crippen molar-refractivity contribution in [2.75, 3.05) is 0 Å². The number of benzene rings is 3. The lowest BCUT2D eigenvalue weighted by Gasteiger charge is -2.30. The Balaban J connectivity index is 1.35. The van der Waals surface area contributed by atoms with Gasteiger partial charge in [0.2, 0.25) is 0 Å². The molecule has 6 aromatic rings. The molecule has 0 aliphatic heterocycles. The van der Waals surface area contributed by atoms with Crippen molar-refractivity contribution in [2.24, 2.45) is 5.92 Å². The summed E-state index contributed by atoms with van der Waals surface area (Å²) >= 11 is 0. The van der Waals surface area contributed by atoms with Gasteiger partial charge in [-0.15, -0.1) is 0 Å². The maximum Gasteiger partial charge on any atom is 0.137 e. The fraction of sp³-hybridized carbons (Fsp3) is 0.391. The van der Waals surface area contributed by atoms with Crippen LogP contribution in [0.5, 0.6) is 11.5 Å². The number of pyridine rings is 1. The Kier molecular flexibility index (Phi) is 9.43. The number of para-hydroxylation sites is 1. The minimum Gasteiger partial charge on any atom is -0.457 e. The average Bonchev–Trinajstić information content (AvgIpc) is 3.61. The molecule has 0 amide bonds. The van der Waals surface area contributed by atoms with E-state index in [9.17, 15) is 0 Å². The normalized spacial score (nSPS) is 16.7. The fourth-order valence-electron chi connectivity index (χ4n) is 8.24. The van der Waals surface area contributed by atoms with Crippen molar-refractivity contribution in [3.8, 4) is 23.0 Å². The lowest BCUT2D eigenvalue weighted by Crippen LogP contribution is -2.18. The van der Waals surface area contributed by atoms with Crippen LogP contribution in [0, 0.1) is 12.8 Å². The smallest absolute Gasteiger partial charge is 0.137 e. The maximum atomic E-state index is 6.85. The highest BCUT2D eigenvalue weighted by Crippen LogP contribution is 2.44. The number of allylic oxidation sites excluding steroid dienone is 2. The van der Waals surface area contributed by atoms with E-state index in [1.54, 1.807) is 0 Å². The number of nitrogens with zero attached hydrogens (tertiary/aromatic N) is 4. The third-order valence-corrected chi connectivity index (χ3v) is 10.9. The Morgan fingerprint density at radius 3 is 2.43 bits per heavy atom. The van der Waals surface area contributed by atoms with Crippen LogP contribution >= 0.6 is 0 Å². The fourth-order valence-corrected chi connectivity index (χ4v) is 8.24. The standard InChI is InChI=1S/C46H54N4O/c1-10-11-17-33-22-23-47-42(24-33)49-40-19-13-12-18-38(40)39-21-20-36(28-41(39)49)51-37-26-34(46(7,8)9)25-35(27-37)50-45(29(2)3)44(32(6)48-50)43-30(4)15-14-16-31(43)5/h12-13,15,18-29,31,43H,10-11,14,16-17H2,1-9H3/t31-,43?/m0/s1. The zero-order valence-electron chi connectivity index (χ0n) is 32.0. The zero-order chi connectivity index (χ0) is 36.0. The molecule has 0 fully saturated rings. The summed E-state index contributed by atoms with van der Waals surface area (Å²) in [5.74, 6) is 3.83. The van der Waals surface area contributed by atoms with E-state index in [0.29, 0.717) is 17.8 Å². The van der Waals surface area contributed by atoms with Gasteiger partial charge < -0.3 is 4.74 Å². The van der Waals surface area contributed by atoms with Crippen LogP contribution in [-0.2, 0) is 11.8 Å². The Hall–Kier alpha value is -4.64. The molecule has 0 radical (unpaired) electrons. The van der Waals surface area contributed by atoms with Gasteiger partial charge in [0, 0.05) is 40.6 Å². The molecule has 0 bridgehead atoms. The van der Waals surface area contributed by atoms with E-state index in [4.69, 9.17) is 14.8 Å². The van der Waals surface area contributed by atoms with Crippen LogP contribution < -0.4 is 4.74 Å². The monoisotopic (exact) mass is 678 g/mol. The van der Waals surface area contributed by atoms with Crippen LogP contribution in [0.15, 0.2) is 90.6 Å². The second kappa shape index (κ2) is 13.8. The van der Waals surface area contributed by atoms with Crippen LogP contribution in [0.1, 0.15) is 121 Å². The number of aryl methyl sites for hydroxylation is 2. The first kappa shape index (κ1) is 34.8. The SMILES string of the molecule is CCCCc1ccnc(-n2c3ccccc3c3ccc(Oc4cc(-n5nc(C)c(C6C(C)=CCC[C@@H]6C)c5C(C)C)cc(C(C)(C)C)c4)cc32)c1. The van der Waals surface area contributed by atoms with Gasteiger partial charge in [-0.25, -0.2) is 9.67 Å². The van der Waals surface area contributed by atoms with Gasteiger partial charge in [-0.05, 0) is 110 Å². The lowest BCUT2D eigenvalue weighted by molar-refractivity contribution is 0.445. The van der Waals surface area contributed by atoms with E-state index in [1.807, 2.05) is 6.20 Å². The van der Waals surface area contributed by atoms with E-state index >= 15 is 0 Å². The van der Waals surface area contributed by atoms with Crippen molar-refractivity contribution in [3.63, 3.8) is 0 Å². The molecular weight excluding hydrogens is 625 g/mol. The summed E-state index contributed by atoms with van der Waals surface area (Å²) < 4.78 is 11.4.